The Hall–Kier alpha value is -2.60. The molecule has 1 amide bonds. The van der Waals surface area contributed by atoms with Crippen molar-refractivity contribution in [3.8, 4) is 17.1 Å². The molecule has 0 atom stereocenters. The number of amides is 1. The van der Waals surface area contributed by atoms with Gasteiger partial charge in [-0.15, -0.1) is 5.10 Å². The number of primary amides is 1. The fourth-order valence-electron chi connectivity index (χ4n) is 2.01. The number of para-hydroxylation sites is 1. The third kappa shape index (κ3) is 3.17. The molecule has 0 radical (unpaired) electrons. The second-order valence-electron chi connectivity index (χ2n) is 4.59. The van der Waals surface area contributed by atoms with Crippen molar-refractivity contribution in [1.82, 2.24) is 14.8 Å². The van der Waals surface area contributed by atoms with Crippen LogP contribution in [0.4, 0.5) is 0 Å². The SMILES string of the molecule is NC(=O)CSc1nc(-c2ccccc2)n(-c2ccccc2)n1. The molecule has 0 unspecified atom stereocenters. The van der Waals surface area contributed by atoms with E-state index in [2.05, 4.69) is 10.1 Å². The average Bonchev–Trinajstić information content (AvgIpc) is 2.99. The zero-order valence-electron chi connectivity index (χ0n) is 11.7. The molecule has 2 aromatic carbocycles. The van der Waals surface area contributed by atoms with Crippen LogP contribution in [0.2, 0.25) is 0 Å². The lowest BCUT2D eigenvalue weighted by molar-refractivity contribution is -0.115. The van der Waals surface area contributed by atoms with E-state index < -0.39 is 0 Å². The number of carbonyl (C=O) groups is 1. The molecular weight excluding hydrogens is 296 g/mol. The highest BCUT2D eigenvalue weighted by molar-refractivity contribution is 7.99. The van der Waals surface area contributed by atoms with Crippen molar-refractivity contribution >= 4 is 17.7 Å². The van der Waals surface area contributed by atoms with Gasteiger partial charge >= 0.3 is 0 Å². The molecule has 0 spiro atoms. The van der Waals surface area contributed by atoms with E-state index >= 15 is 0 Å². The molecule has 110 valence electrons. The van der Waals surface area contributed by atoms with Crippen LogP contribution in [0.3, 0.4) is 0 Å². The molecule has 0 aliphatic heterocycles. The molecular formula is C16H14N4OS. The zero-order chi connectivity index (χ0) is 15.4. The summed E-state index contributed by atoms with van der Waals surface area (Å²) in [6.07, 6.45) is 0. The summed E-state index contributed by atoms with van der Waals surface area (Å²) in [5, 5.41) is 5.02. The van der Waals surface area contributed by atoms with E-state index in [1.807, 2.05) is 60.7 Å². The van der Waals surface area contributed by atoms with Gasteiger partial charge in [-0.05, 0) is 12.1 Å². The summed E-state index contributed by atoms with van der Waals surface area (Å²) in [7, 11) is 0. The van der Waals surface area contributed by atoms with Gasteiger partial charge in [-0.25, -0.2) is 9.67 Å². The summed E-state index contributed by atoms with van der Waals surface area (Å²) >= 11 is 1.24. The number of benzene rings is 2. The largest absolute Gasteiger partial charge is 0.369 e. The van der Waals surface area contributed by atoms with Crippen molar-refractivity contribution in [2.75, 3.05) is 5.75 Å². The molecule has 0 bridgehead atoms. The summed E-state index contributed by atoms with van der Waals surface area (Å²) in [5.74, 6) is 0.508. The minimum Gasteiger partial charge on any atom is -0.369 e. The van der Waals surface area contributed by atoms with E-state index in [-0.39, 0.29) is 11.7 Å². The van der Waals surface area contributed by atoms with E-state index in [1.54, 1.807) is 4.68 Å². The molecule has 1 aromatic heterocycles. The Balaban J connectivity index is 2.04. The molecule has 0 saturated carbocycles. The Morgan fingerprint density at radius 2 is 1.68 bits per heavy atom. The van der Waals surface area contributed by atoms with Crippen LogP contribution in [-0.2, 0) is 4.79 Å². The standard InChI is InChI=1S/C16H14N4OS/c17-14(21)11-22-16-18-15(12-7-3-1-4-8-12)20(19-16)13-9-5-2-6-10-13/h1-10H,11H2,(H2,17,21). The van der Waals surface area contributed by atoms with Crippen LogP contribution in [0.1, 0.15) is 0 Å². The van der Waals surface area contributed by atoms with Crippen molar-refractivity contribution in [2.24, 2.45) is 5.73 Å². The number of hydrogen-bond acceptors (Lipinski definition) is 4. The Labute approximate surface area is 132 Å². The third-order valence-electron chi connectivity index (χ3n) is 2.96. The van der Waals surface area contributed by atoms with E-state index in [1.165, 1.54) is 11.8 Å². The number of rotatable bonds is 5. The van der Waals surface area contributed by atoms with Crippen LogP contribution >= 0.6 is 11.8 Å². The topological polar surface area (TPSA) is 73.8 Å². The Morgan fingerprint density at radius 3 is 2.32 bits per heavy atom. The maximum Gasteiger partial charge on any atom is 0.227 e. The molecule has 0 fully saturated rings. The van der Waals surface area contributed by atoms with Gasteiger partial charge in [0.1, 0.15) is 0 Å². The summed E-state index contributed by atoms with van der Waals surface area (Å²) in [5.41, 5.74) is 7.06. The van der Waals surface area contributed by atoms with Gasteiger partial charge in [-0.3, -0.25) is 4.79 Å². The average molecular weight is 310 g/mol. The van der Waals surface area contributed by atoms with Gasteiger partial charge in [0.25, 0.3) is 0 Å². The summed E-state index contributed by atoms with van der Waals surface area (Å²) in [6.45, 7) is 0. The maximum absolute atomic E-state index is 10.9. The summed E-state index contributed by atoms with van der Waals surface area (Å²) in [6, 6.07) is 19.6. The lowest BCUT2D eigenvalue weighted by atomic mass is 10.2. The predicted molar refractivity (Wildman–Crippen MR) is 86.7 cm³/mol. The number of carbonyl (C=O) groups excluding carboxylic acids is 1. The van der Waals surface area contributed by atoms with Crippen LogP contribution in [0, 0.1) is 0 Å². The number of nitrogens with two attached hydrogens (primary N) is 1. The molecule has 3 rings (SSSR count). The first-order chi connectivity index (χ1) is 10.7. The van der Waals surface area contributed by atoms with Gasteiger partial charge in [-0.1, -0.05) is 60.3 Å². The smallest absolute Gasteiger partial charge is 0.227 e. The number of hydrogen-bond donors (Lipinski definition) is 1. The Bertz CT molecular complexity index is 714. The van der Waals surface area contributed by atoms with E-state index in [0.717, 1.165) is 17.1 Å². The predicted octanol–water partition coefficient (Wildman–Crippen LogP) is 2.51. The maximum atomic E-state index is 10.9. The van der Waals surface area contributed by atoms with Crippen LogP contribution in [-0.4, -0.2) is 26.4 Å². The monoisotopic (exact) mass is 310 g/mol. The number of aromatic nitrogens is 3. The van der Waals surface area contributed by atoms with Crippen LogP contribution in [0.5, 0.6) is 0 Å². The van der Waals surface area contributed by atoms with Gasteiger partial charge in [-0.2, -0.15) is 0 Å². The quantitative estimate of drug-likeness (QED) is 0.735. The first-order valence-corrected chi connectivity index (χ1v) is 7.71. The van der Waals surface area contributed by atoms with Gasteiger partial charge in [0.05, 0.1) is 11.4 Å². The molecule has 22 heavy (non-hydrogen) atoms. The van der Waals surface area contributed by atoms with Crippen LogP contribution in [0.15, 0.2) is 65.8 Å². The van der Waals surface area contributed by atoms with Gasteiger partial charge in [0.15, 0.2) is 5.82 Å². The van der Waals surface area contributed by atoms with Crippen molar-refractivity contribution in [2.45, 2.75) is 5.16 Å². The second-order valence-corrected chi connectivity index (χ2v) is 5.53. The molecule has 6 heteroatoms. The first-order valence-electron chi connectivity index (χ1n) is 6.73. The lowest BCUT2D eigenvalue weighted by Crippen LogP contribution is -2.13. The van der Waals surface area contributed by atoms with Crippen LogP contribution < -0.4 is 5.73 Å². The molecule has 1 heterocycles. The molecule has 0 aliphatic carbocycles. The van der Waals surface area contributed by atoms with Crippen molar-refractivity contribution in [3.63, 3.8) is 0 Å². The van der Waals surface area contributed by atoms with Gasteiger partial charge in [0.2, 0.25) is 11.1 Å². The minimum atomic E-state index is -0.387. The van der Waals surface area contributed by atoms with E-state index in [0.29, 0.717) is 5.16 Å². The Kier molecular flexibility index (Phi) is 4.20. The van der Waals surface area contributed by atoms with Gasteiger partial charge in [0, 0.05) is 5.56 Å². The fraction of sp³-hybridized carbons (Fsp3) is 0.0625. The minimum absolute atomic E-state index is 0.160. The highest BCUT2D eigenvalue weighted by Gasteiger charge is 2.14. The number of nitrogens with zero attached hydrogens (tertiary/aromatic N) is 3. The van der Waals surface area contributed by atoms with E-state index in [9.17, 15) is 4.79 Å². The Morgan fingerprint density at radius 1 is 1.05 bits per heavy atom. The van der Waals surface area contributed by atoms with E-state index in [4.69, 9.17) is 5.73 Å². The molecule has 2 N–H and O–H groups in total. The molecule has 0 aliphatic rings. The third-order valence-corrected chi connectivity index (χ3v) is 3.82. The molecule has 3 aromatic rings. The van der Waals surface area contributed by atoms with Crippen LogP contribution in [0.25, 0.3) is 17.1 Å². The zero-order valence-corrected chi connectivity index (χ0v) is 12.5. The second kappa shape index (κ2) is 6.44. The molecule has 0 saturated heterocycles. The fourth-order valence-corrected chi connectivity index (χ4v) is 2.58. The number of thioether (sulfide) groups is 1. The normalized spacial score (nSPS) is 10.5. The van der Waals surface area contributed by atoms with Gasteiger partial charge < -0.3 is 5.73 Å². The first kappa shape index (κ1) is 14.3. The highest BCUT2D eigenvalue weighted by Crippen LogP contribution is 2.24. The van der Waals surface area contributed by atoms with Crippen molar-refractivity contribution < 1.29 is 4.79 Å². The summed E-state index contributed by atoms with van der Waals surface area (Å²) < 4.78 is 1.78. The van der Waals surface area contributed by atoms with Crippen molar-refractivity contribution in [3.05, 3.63) is 60.7 Å². The highest BCUT2D eigenvalue weighted by atomic mass is 32.2. The lowest BCUT2D eigenvalue weighted by Gasteiger charge is -2.05. The van der Waals surface area contributed by atoms with Crippen molar-refractivity contribution in [1.29, 1.82) is 0 Å². The molecule has 5 nitrogen and oxygen atoms in total. The summed E-state index contributed by atoms with van der Waals surface area (Å²) in [4.78, 5) is 15.5.